The number of alkyl halides is 3. The molecule has 0 radical (unpaired) electrons. The third-order valence-electron chi connectivity index (χ3n) is 4.24. The first-order valence-electron chi connectivity index (χ1n) is 8.05. The minimum atomic E-state index is -4.70. The fourth-order valence-corrected chi connectivity index (χ4v) is 3.55. The van der Waals surface area contributed by atoms with Crippen molar-refractivity contribution in [2.24, 2.45) is 0 Å². The Balaban J connectivity index is 1.84. The Hall–Kier alpha value is -2.69. The first-order valence-corrected chi connectivity index (χ1v) is 8.99. The van der Waals surface area contributed by atoms with Crippen molar-refractivity contribution in [3.8, 4) is 0 Å². The third kappa shape index (κ3) is 4.18. The summed E-state index contributed by atoms with van der Waals surface area (Å²) in [4.78, 5) is 29.2. The zero-order chi connectivity index (χ0) is 19.6. The van der Waals surface area contributed by atoms with Gasteiger partial charge >= 0.3 is 11.9 Å². The van der Waals surface area contributed by atoms with E-state index in [1.807, 2.05) is 0 Å². The van der Waals surface area contributed by atoms with E-state index in [-0.39, 0.29) is 24.7 Å². The summed E-state index contributed by atoms with van der Waals surface area (Å²) >= 11 is 1.40. The average Bonchev–Trinajstić information content (AvgIpc) is 3.04. The third-order valence-corrected chi connectivity index (χ3v) is 4.92. The number of hydrogen-bond donors (Lipinski definition) is 0. The van der Waals surface area contributed by atoms with Gasteiger partial charge in [0.2, 0.25) is 0 Å². The van der Waals surface area contributed by atoms with Crippen LogP contribution in [0.25, 0.3) is 0 Å². The van der Waals surface area contributed by atoms with Gasteiger partial charge < -0.3 is 9.80 Å². The number of nitrogens with zero attached hydrogens (tertiary/aromatic N) is 4. The highest BCUT2D eigenvalue weighted by Crippen LogP contribution is 2.35. The van der Waals surface area contributed by atoms with Crippen LogP contribution < -0.4 is 4.90 Å². The van der Waals surface area contributed by atoms with E-state index < -0.39 is 22.5 Å². The Bertz CT molecular complexity index is 842. The fraction of sp³-hybridized carbons (Fsp3) is 0.375. The molecule has 0 N–H and O–H groups in total. The van der Waals surface area contributed by atoms with Crippen LogP contribution in [0.4, 0.5) is 24.5 Å². The molecule has 3 rings (SSSR count). The minimum absolute atomic E-state index is 0.132. The van der Waals surface area contributed by atoms with Gasteiger partial charge in [-0.05, 0) is 23.9 Å². The largest absolute Gasteiger partial charge is 0.433 e. The number of carbonyl (C=O) groups is 1. The van der Waals surface area contributed by atoms with Gasteiger partial charge in [-0.2, -0.15) is 24.5 Å². The van der Waals surface area contributed by atoms with E-state index in [2.05, 4.69) is 4.98 Å². The highest BCUT2D eigenvalue weighted by molar-refractivity contribution is 7.08. The number of amides is 1. The Kier molecular flexibility index (Phi) is 5.31. The van der Waals surface area contributed by atoms with Crippen molar-refractivity contribution in [1.82, 2.24) is 9.88 Å². The van der Waals surface area contributed by atoms with Gasteiger partial charge in [0.05, 0.1) is 10.5 Å². The minimum Gasteiger partial charge on any atom is -0.364 e. The van der Waals surface area contributed by atoms with Gasteiger partial charge in [-0.1, -0.05) is 0 Å². The molecule has 0 unspecified atom stereocenters. The number of rotatable bonds is 3. The Morgan fingerprint density at radius 2 is 2.04 bits per heavy atom. The molecule has 27 heavy (non-hydrogen) atoms. The monoisotopic (exact) mass is 400 g/mol. The molecule has 1 aliphatic heterocycles. The molecule has 0 bridgehead atoms. The zero-order valence-corrected chi connectivity index (χ0v) is 14.8. The number of nitro groups is 1. The molecule has 0 spiro atoms. The zero-order valence-electron chi connectivity index (χ0n) is 14.0. The molecule has 1 fully saturated rings. The summed E-state index contributed by atoms with van der Waals surface area (Å²) in [5.74, 6) is -0.154. The molecule has 0 atom stereocenters. The summed E-state index contributed by atoms with van der Waals surface area (Å²) in [5, 5.41) is 14.8. The number of anilines is 1. The van der Waals surface area contributed by atoms with Crippen molar-refractivity contribution in [3.63, 3.8) is 0 Å². The Labute approximate surface area is 156 Å². The van der Waals surface area contributed by atoms with E-state index in [0.29, 0.717) is 37.3 Å². The van der Waals surface area contributed by atoms with E-state index in [1.165, 1.54) is 16.2 Å². The number of aromatic nitrogens is 1. The predicted octanol–water partition coefficient (Wildman–Crippen LogP) is 3.42. The maximum absolute atomic E-state index is 13.0. The first-order chi connectivity index (χ1) is 12.8. The van der Waals surface area contributed by atoms with Crippen LogP contribution in [0.2, 0.25) is 0 Å². The van der Waals surface area contributed by atoms with Crippen LogP contribution in [-0.2, 0) is 6.18 Å². The number of carbonyl (C=O) groups excluding carboxylic acids is 1. The van der Waals surface area contributed by atoms with E-state index in [0.717, 1.165) is 0 Å². The van der Waals surface area contributed by atoms with Crippen LogP contribution in [0.1, 0.15) is 22.5 Å². The molecule has 7 nitrogen and oxygen atoms in total. The normalized spacial score (nSPS) is 15.5. The summed E-state index contributed by atoms with van der Waals surface area (Å²) < 4.78 is 38.9. The van der Waals surface area contributed by atoms with Gasteiger partial charge in [0.25, 0.3) is 5.91 Å². The van der Waals surface area contributed by atoms with Crippen LogP contribution in [0, 0.1) is 10.1 Å². The Morgan fingerprint density at radius 3 is 2.67 bits per heavy atom. The lowest BCUT2D eigenvalue weighted by molar-refractivity contribution is -0.384. The van der Waals surface area contributed by atoms with Gasteiger partial charge in [-0.15, -0.1) is 0 Å². The second-order valence-corrected chi connectivity index (χ2v) is 6.74. The standard InChI is InChI=1S/C16H15F3N4O3S/c17-16(18,19)14-8-12(13(9-20-14)23(25)26)21-3-1-4-22(6-5-21)15(24)11-2-7-27-10-11/h2,7-10H,1,3-6H2. The molecule has 0 aliphatic carbocycles. The molecule has 0 saturated carbocycles. The molecule has 2 aromatic rings. The van der Waals surface area contributed by atoms with Crippen LogP contribution in [-0.4, -0.2) is 46.9 Å². The van der Waals surface area contributed by atoms with Crippen LogP contribution in [0.5, 0.6) is 0 Å². The van der Waals surface area contributed by atoms with Gasteiger partial charge in [-0.3, -0.25) is 14.9 Å². The summed E-state index contributed by atoms with van der Waals surface area (Å²) in [6.07, 6.45) is -3.58. The first kappa shape index (κ1) is 19.1. The maximum atomic E-state index is 13.0. The smallest absolute Gasteiger partial charge is 0.364 e. The summed E-state index contributed by atoms with van der Waals surface area (Å²) in [6.45, 7) is 1.18. The summed E-state index contributed by atoms with van der Waals surface area (Å²) in [7, 11) is 0. The molecule has 144 valence electrons. The number of thiophene rings is 1. The molecular weight excluding hydrogens is 385 g/mol. The van der Waals surface area contributed by atoms with Crippen LogP contribution >= 0.6 is 11.3 Å². The molecule has 1 amide bonds. The van der Waals surface area contributed by atoms with Crippen molar-refractivity contribution in [3.05, 3.63) is 50.5 Å². The van der Waals surface area contributed by atoms with E-state index in [9.17, 15) is 28.1 Å². The van der Waals surface area contributed by atoms with Crippen LogP contribution in [0.15, 0.2) is 29.1 Å². The van der Waals surface area contributed by atoms with E-state index >= 15 is 0 Å². The molecule has 0 aromatic carbocycles. The molecule has 3 heterocycles. The topological polar surface area (TPSA) is 79.6 Å². The molecule has 1 saturated heterocycles. The van der Waals surface area contributed by atoms with Gasteiger partial charge in [-0.25, -0.2) is 4.98 Å². The second kappa shape index (κ2) is 7.51. The highest BCUT2D eigenvalue weighted by atomic mass is 32.1. The van der Waals surface area contributed by atoms with Crippen molar-refractivity contribution in [1.29, 1.82) is 0 Å². The molecule has 1 aliphatic rings. The van der Waals surface area contributed by atoms with Gasteiger partial charge in [0, 0.05) is 31.6 Å². The lowest BCUT2D eigenvalue weighted by Gasteiger charge is -2.24. The van der Waals surface area contributed by atoms with Gasteiger partial charge in [0.1, 0.15) is 17.6 Å². The quantitative estimate of drug-likeness (QED) is 0.583. The summed E-state index contributed by atoms with van der Waals surface area (Å²) in [6, 6.07) is 2.41. The van der Waals surface area contributed by atoms with Crippen LogP contribution in [0.3, 0.4) is 0 Å². The van der Waals surface area contributed by atoms with Crippen molar-refractivity contribution in [2.75, 3.05) is 31.1 Å². The van der Waals surface area contributed by atoms with Crippen molar-refractivity contribution >= 4 is 28.6 Å². The second-order valence-electron chi connectivity index (χ2n) is 5.96. The highest BCUT2D eigenvalue weighted by Gasteiger charge is 2.35. The van der Waals surface area contributed by atoms with Crippen molar-refractivity contribution in [2.45, 2.75) is 12.6 Å². The predicted molar refractivity (Wildman–Crippen MR) is 92.9 cm³/mol. The molecule has 2 aromatic heterocycles. The fourth-order valence-electron chi connectivity index (χ4n) is 2.92. The van der Waals surface area contributed by atoms with E-state index in [4.69, 9.17) is 0 Å². The molecular formula is C16H15F3N4O3S. The Morgan fingerprint density at radius 1 is 1.26 bits per heavy atom. The number of hydrogen-bond acceptors (Lipinski definition) is 6. The average molecular weight is 400 g/mol. The van der Waals surface area contributed by atoms with E-state index in [1.54, 1.807) is 21.7 Å². The molecule has 11 heteroatoms. The lowest BCUT2D eigenvalue weighted by Crippen LogP contribution is -2.35. The SMILES string of the molecule is O=C(c1ccsc1)N1CCCN(c2cc(C(F)(F)F)ncc2[N+](=O)[O-])CC1. The maximum Gasteiger partial charge on any atom is 0.433 e. The summed E-state index contributed by atoms with van der Waals surface area (Å²) in [5.41, 5.74) is -1.24. The van der Waals surface area contributed by atoms with Crippen molar-refractivity contribution < 1.29 is 22.9 Å². The van der Waals surface area contributed by atoms with Gasteiger partial charge in [0.15, 0.2) is 0 Å². The number of pyridine rings is 1. The number of halogens is 3. The lowest BCUT2D eigenvalue weighted by atomic mass is 10.2.